The van der Waals surface area contributed by atoms with Crippen LogP contribution in [0.1, 0.15) is 45.7 Å². The summed E-state index contributed by atoms with van der Waals surface area (Å²) < 4.78 is 5.79. The van der Waals surface area contributed by atoms with E-state index >= 15 is 0 Å². The summed E-state index contributed by atoms with van der Waals surface area (Å²) in [6.07, 6.45) is 1.01. The summed E-state index contributed by atoms with van der Waals surface area (Å²) in [5, 5.41) is 0.695. The molecule has 0 fully saturated rings. The largest absolute Gasteiger partial charge is 0.493 e. The van der Waals surface area contributed by atoms with Gasteiger partial charge >= 0.3 is 0 Å². The van der Waals surface area contributed by atoms with Crippen LogP contribution in [0.3, 0.4) is 0 Å². The van der Waals surface area contributed by atoms with E-state index in [1.54, 1.807) is 0 Å². The molecule has 1 aromatic rings. The molecule has 0 unspecified atom stereocenters. The highest BCUT2D eigenvalue weighted by Gasteiger charge is 2.12. The fourth-order valence-electron chi connectivity index (χ4n) is 1.47. The van der Waals surface area contributed by atoms with Gasteiger partial charge in [0, 0.05) is 16.6 Å². The zero-order valence-electron chi connectivity index (χ0n) is 11.1. The second-order valence-electron chi connectivity index (χ2n) is 5.63. The summed E-state index contributed by atoms with van der Waals surface area (Å²) >= 11 is 5.96. The van der Waals surface area contributed by atoms with Gasteiger partial charge in [0.2, 0.25) is 0 Å². The van der Waals surface area contributed by atoms with Crippen LogP contribution in [-0.2, 0) is 0 Å². The summed E-state index contributed by atoms with van der Waals surface area (Å²) in [5.41, 5.74) is 7.15. The summed E-state index contributed by atoms with van der Waals surface area (Å²) in [7, 11) is 0. The van der Waals surface area contributed by atoms with Gasteiger partial charge in [0.15, 0.2) is 0 Å². The molecule has 1 rings (SSSR count). The lowest BCUT2D eigenvalue weighted by Crippen LogP contribution is -2.13. The molecular formula is C14H22ClNO. The van der Waals surface area contributed by atoms with E-state index < -0.39 is 0 Å². The quantitative estimate of drug-likeness (QED) is 0.876. The lowest BCUT2D eigenvalue weighted by molar-refractivity contribution is 0.241. The Bertz CT molecular complexity index is 369. The molecule has 0 spiro atoms. The molecule has 2 N–H and O–H groups in total. The van der Waals surface area contributed by atoms with Crippen molar-refractivity contribution < 1.29 is 4.74 Å². The van der Waals surface area contributed by atoms with Gasteiger partial charge in [-0.25, -0.2) is 0 Å². The summed E-state index contributed by atoms with van der Waals surface area (Å²) in [5.74, 6) is 0.841. The van der Waals surface area contributed by atoms with Gasteiger partial charge in [0.05, 0.1) is 6.61 Å². The minimum Gasteiger partial charge on any atom is -0.493 e. The highest BCUT2D eigenvalue weighted by atomic mass is 35.5. The van der Waals surface area contributed by atoms with E-state index in [0.717, 1.165) is 17.7 Å². The van der Waals surface area contributed by atoms with Crippen molar-refractivity contribution in [2.24, 2.45) is 11.1 Å². The minimum absolute atomic E-state index is 0.0710. The Morgan fingerprint density at radius 1 is 1.35 bits per heavy atom. The maximum atomic E-state index is 5.96. The van der Waals surface area contributed by atoms with Gasteiger partial charge in [0.1, 0.15) is 5.75 Å². The van der Waals surface area contributed by atoms with Gasteiger partial charge in [-0.2, -0.15) is 0 Å². The van der Waals surface area contributed by atoms with Crippen molar-refractivity contribution in [3.8, 4) is 5.75 Å². The first-order valence-electron chi connectivity index (χ1n) is 5.97. The van der Waals surface area contributed by atoms with Crippen LogP contribution in [0.25, 0.3) is 0 Å². The van der Waals surface area contributed by atoms with Gasteiger partial charge in [-0.1, -0.05) is 32.4 Å². The summed E-state index contributed by atoms with van der Waals surface area (Å²) in [4.78, 5) is 0. The van der Waals surface area contributed by atoms with E-state index in [2.05, 4.69) is 20.8 Å². The molecule has 1 atom stereocenters. The SMILES string of the molecule is C[C@@H](N)c1cc(Cl)ccc1OCCC(C)(C)C. The molecule has 0 aromatic heterocycles. The first-order chi connectivity index (χ1) is 7.79. The van der Waals surface area contributed by atoms with E-state index in [9.17, 15) is 0 Å². The van der Waals surface area contributed by atoms with Crippen LogP contribution < -0.4 is 10.5 Å². The van der Waals surface area contributed by atoms with Crippen LogP contribution in [0.15, 0.2) is 18.2 Å². The van der Waals surface area contributed by atoms with Crippen LogP contribution in [0.5, 0.6) is 5.75 Å². The summed E-state index contributed by atoms with van der Waals surface area (Å²) in [6.45, 7) is 9.23. The van der Waals surface area contributed by atoms with E-state index in [1.165, 1.54) is 0 Å². The minimum atomic E-state index is -0.0710. The fourth-order valence-corrected chi connectivity index (χ4v) is 1.65. The Morgan fingerprint density at radius 2 is 2.00 bits per heavy atom. The molecule has 1 aromatic carbocycles. The zero-order valence-corrected chi connectivity index (χ0v) is 11.8. The number of ether oxygens (including phenoxy) is 1. The van der Waals surface area contributed by atoms with Gasteiger partial charge in [-0.15, -0.1) is 0 Å². The molecule has 2 nitrogen and oxygen atoms in total. The molecule has 0 aliphatic heterocycles. The lowest BCUT2D eigenvalue weighted by atomic mass is 9.93. The average molecular weight is 256 g/mol. The standard InChI is InChI=1S/C14H22ClNO/c1-10(16)12-9-11(15)5-6-13(12)17-8-7-14(2,3)4/h5-6,9-10H,7-8,16H2,1-4H3/t10-/m1/s1. The zero-order chi connectivity index (χ0) is 13.1. The summed E-state index contributed by atoms with van der Waals surface area (Å²) in [6, 6.07) is 5.53. The highest BCUT2D eigenvalue weighted by Crippen LogP contribution is 2.28. The van der Waals surface area contributed by atoms with Crippen LogP contribution >= 0.6 is 11.6 Å². The van der Waals surface area contributed by atoms with Gasteiger partial charge in [-0.3, -0.25) is 0 Å². The Morgan fingerprint density at radius 3 is 2.53 bits per heavy atom. The maximum absolute atomic E-state index is 5.96. The Balaban J connectivity index is 2.70. The van der Waals surface area contributed by atoms with Crippen LogP contribution in [-0.4, -0.2) is 6.61 Å². The Labute approximate surface area is 109 Å². The Kier molecular flexibility index (Phi) is 4.84. The number of halogens is 1. The Hall–Kier alpha value is -0.730. The molecule has 0 saturated carbocycles. The van der Waals surface area contributed by atoms with Crippen molar-refractivity contribution in [2.45, 2.75) is 40.2 Å². The predicted octanol–water partition coefficient (Wildman–Crippen LogP) is 4.17. The van der Waals surface area contributed by atoms with Crippen molar-refractivity contribution in [3.63, 3.8) is 0 Å². The van der Waals surface area contributed by atoms with Crippen molar-refractivity contribution >= 4 is 11.6 Å². The molecule has 17 heavy (non-hydrogen) atoms. The molecule has 0 bridgehead atoms. The van der Waals surface area contributed by atoms with E-state index in [-0.39, 0.29) is 11.5 Å². The molecule has 96 valence electrons. The predicted molar refractivity (Wildman–Crippen MR) is 73.6 cm³/mol. The molecule has 0 aliphatic rings. The first-order valence-corrected chi connectivity index (χ1v) is 6.35. The van der Waals surface area contributed by atoms with Crippen molar-refractivity contribution in [1.82, 2.24) is 0 Å². The number of benzene rings is 1. The van der Waals surface area contributed by atoms with E-state index in [0.29, 0.717) is 11.6 Å². The molecule has 3 heteroatoms. The molecule has 0 saturated heterocycles. The smallest absolute Gasteiger partial charge is 0.124 e. The number of rotatable bonds is 4. The number of hydrogen-bond donors (Lipinski definition) is 1. The second-order valence-corrected chi connectivity index (χ2v) is 6.07. The normalized spacial score (nSPS) is 13.5. The van der Waals surface area contributed by atoms with Gasteiger partial charge in [-0.05, 0) is 37.0 Å². The topological polar surface area (TPSA) is 35.2 Å². The van der Waals surface area contributed by atoms with Crippen molar-refractivity contribution in [1.29, 1.82) is 0 Å². The van der Waals surface area contributed by atoms with Crippen LogP contribution in [0, 0.1) is 5.41 Å². The first kappa shape index (κ1) is 14.3. The average Bonchev–Trinajstić information content (AvgIpc) is 2.18. The van der Waals surface area contributed by atoms with Gasteiger partial charge < -0.3 is 10.5 Å². The number of hydrogen-bond acceptors (Lipinski definition) is 2. The maximum Gasteiger partial charge on any atom is 0.124 e. The highest BCUT2D eigenvalue weighted by molar-refractivity contribution is 6.30. The van der Waals surface area contributed by atoms with Crippen LogP contribution in [0.4, 0.5) is 0 Å². The van der Waals surface area contributed by atoms with E-state index in [4.69, 9.17) is 22.1 Å². The third kappa shape index (κ3) is 4.97. The molecule has 0 aliphatic carbocycles. The lowest BCUT2D eigenvalue weighted by Gasteiger charge is -2.20. The molecule has 0 amide bonds. The molecule has 0 heterocycles. The molecule has 0 radical (unpaired) electrons. The third-order valence-electron chi connectivity index (χ3n) is 2.57. The molecular weight excluding hydrogens is 234 g/mol. The van der Waals surface area contributed by atoms with E-state index in [1.807, 2.05) is 25.1 Å². The van der Waals surface area contributed by atoms with Crippen molar-refractivity contribution in [2.75, 3.05) is 6.61 Å². The second kappa shape index (κ2) is 5.74. The van der Waals surface area contributed by atoms with Crippen LogP contribution in [0.2, 0.25) is 5.02 Å². The number of nitrogens with two attached hydrogens (primary N) is 1. The monoisotopic (exact) mass is 255 g/mol. The van der Waals surface area contributed by atoms with Gasteiger partial charge in [0.25, 0.3) is 0 Å². The third-order valence-corrected chi connectivity index (χ3v) is 2.81. The van der Waals surface area contributed by atoms with Crippen molar-refractivity contribution in [3.05, 3.63) is 28.8 Å². The fraction of sp³-hybridized carbons (Fsp3) is 0.571.